The van der Waals surface area contributed by atoms with Gasteiger partial charge in [-0.15, -0.1) is 0 Å². The molecule has 2 aromatic heterocycles. The highest BCUT2D eigenvalue weighted by atomic mass is 35.5. The first kappa shape index (κ1) is 15.4. The monoisotopic (exact) mass is 332 g/mol. The van der Waals surface area contributed by atoms with Crippen molar-refractivity contribution in [2.75, 3.05) is 6.54 Å². The number of carbonyl (C=O) groups excluding carboxylic acids is 1. The Kier molecular flexibility index (Phi) is 4.25. The molecule has 0 saturated heterocycles. The fourth-order valence-corrected chi connectivity index (χ4v) is 2.37. The predicted molar refractivity (Wildman–Crippen MR) is 86.5 cm³/mol. The molecule has 0 spiro atoms. The number of pyridine rings is 1. The molecule has 3 rings (SSSR count). The molecule has 0 atom stereocenters. The van der Waals surface area contributed by atoms with Crippen LogP contribution in [-0.4, -0.2) is 27.0 Å². The molecule has 0 aliphatic carbocycles. The zero-order valence-corrected chi connectivity index (χ0v) is 13.1. The van der Waals surface area contributed by atoms with Gasteiger partial charge in [0.15, 0.2) is 5.65 Å². The van der Waals surface area contributed by atoms with Crippen molar-refractivity contribution in [2.45, 2.75) is 13.3 Å². The number of hydrogen-bond acceptors (Lipinski definition) is 3. The maximum atomic E-state index is 13.8. The molecule has 0 aliphatic rings. The highest BCUT2D eigenvalue weighted by Crippen LogP contribution is 2.23. The molecule has 7 heteroatoms. The van der Waals surface area contributed by atoms with Gasteiger partial charge in [0.25, 0.3) is 5.91 Å². The topological polar surface area (TPSA) is 59.8 Å². The summed E-state index contributed by atoms with van der Waals surface area (Å²) >= 11 is 5.74. The largest absolute Gasteiger partial charge is 0.349 e. The minimum Gasteiger partial charge on any atom is -0.349 e. The van der Waals surface area contributed by atoms with Crippen molar-refractivity contribution in [1.29, 1.82) is 0 Å². The van der Waals surface area contributed by atoms with E-state index in [-0.39, 0.29) is 16.8 Å². The summed E-state index contributed by atoms with van der Waals surface area (Å²) in [4.78, 5) is 21.0. The van der Waals surface area contributed by atoms with E-state index < -0.39 is 5.82 Å². The van der Waals surface area contributed by atoms with Gasteiger partial charge in [-0.05, 0) is 36.8 Å². The van der Waals surface area contributed by atoms with Crippen LogP contribution < -0.4 is 5.32 Å². The van der Waals surface area contributed by atoms with E-state index in [1.54, 1.807) is 24.4 Å². The van der Waals surface area contributed by atoms with Crippen molar-refractivity contribution in [2.24, 2.45) is 0 Å². The lowest BCUT2D eigenvalue weighted by Crippen LogP contribution is -2.27. The van der Waals surface area contributed by atoms with Gasteiger partial charge in [-0.1, -0.05) is 18.5 Å². The van der Waals surface area contributed by atoms with Crippen molar-refractivity contribution in [1.82, 2.24) is 19.9 Å². The first-order valence-corrected chi connectivity index (χ1v) is 7.56. The van der Waals surface area contributed by atoms with Gasteiger partial charge >= 0.3 is 0 Å². The maximum absolute atomic E-state index is 13.8. The predicted octanol–water partition coefficient (Wildman–Crippen LogP) is 3.35. The minimum absolute atomic E-state index is 0.0168. The molecule has 0 radical (unpaired) electrons. The Morgan fingerprint density at radius 1 is 1.39 bits per heavy atom. The van der Waals surface area contributed by atoms with Crippen LogP contribution in [0.15, 0.2) is 36.5 Å². The van der Waals surface area contributed by atoms with Crippen LogP contribution in [0.1, 0.15) is 24.0 Å². The van der Waals surface area contributed by atoms with Crippen LogP contribution >= 0.6 is 11.6 Å². The molecule has 118 valence electrons. The number of hydrogen-bond donors (Lipinski definition) is 1. The molecule has 2 heterocycles. The van der Waals surface area contributed by atoms with Crippen LogP contribution in [0.3, 0.4) is 0 Å². The van der Waals surface area contributed by atoms with E-state index in [1.165, 1.54) is 16.7 Å². The Balaban J connectivity index is 2.19. The Hall–Kier alpha value is -2.47. The summed E-state index contributed by atoms with van der Waals surface area (Å²) in [7, 11) is 0. The number of aromatic nitrogens is 3. The van der Waals surface area contributed by atoms with E-state index >= 15 is 0 Å². The SMILES string of the molecule is CCCNC(=O)c1nc2cccnc2n1-c1ccc(Cl)c(F)c1. The smallest absolute Gasteiger partial charge is 0.287 e. The Labute approximate surface area is 137 Å². The van der Waals surface area contributed by atoms with Crippen LogP contribution in [0.4, 0.5) is 4.39 Å². The molecule has 1 N–H and O–H groups in total. The number of halogens is 2. The zero-order chi connectivity index (χ0) is 16.4. The fourth-order valence-electron chi connectivity index (χ4n) is 2.25. The van der Waals surface area contributed by atoms with Crippen molar-refractivity contribution in [3.63, 3.8) is 0 Å². The number of benzene rings is 1. The summed E-state index contributed by atoms with van der Waals surface area (Å²) in [6, 6.07) is 7.80. The Bertz CT molecular complexity index is 878. The molecular formula is C16H14ClFN4O. The number of nitrogens with one attached hydrogen (secondary N) is 1. The lowest BCUT2D eigenvalue weighted by molar-refractivity contribution is 0.0942. The van der Waals surface area contributed by atoms with Gasteiger partial charge in [0, 0.05) is 12.7 Å². The number of rotatable bonds is 4. The normalized spacial score (nSPS) is 10.9. The van der Waals surface area contributed by atoms with Gasteiger partial charge in [-0.25, -0.2) is 14.4 Å². The number of fused-ring (bicyclic) bond motifs is 1. The Morgan fingerprint density at radius 3 is 2.96 bits per heavy atom. The Morgan fingerprint density at radius 2 is 2.22 bits per heavy atom. The van der Waals surface area contributed by atoms with E-state index in [9.17, 15) is 9.18 Å². The summed E-state index contributed by atoms with van der Waals surface area (Å²) in [6.07, 6.45) is 2.40. The summed E-state index contributed by atoms with van der Waals surface area (Å²) in [5, 5.41) is 2.79. The summed E-state index contributed by atoms with van der Waals surface area (Å²) in [6.45, 7) is 2.49. The zero-order valence-electron chi connectivity index (χ0n) is 12.4. The standard InChI is InChI=1S/C16H14ClFN4O/c1-2-7-20-16(23)15-21-13-4-3-8-19-14(13)22(15)10-5-6-11(17)12(18)9-10/h3-6,8-9H,2,7H2,1H3,(H,20,23). The van der Waals surface area contributed by atoms with E-state index in [1.807, 2.05) is 6.92 Å². The number of amides is 1. The number of carbonyl (C=O) groups is 1. The maximum Gasteiger partial charge on any atom is 0.287 e. The molecule has 3 aromatic rings. The van der Waals surface area contributed by atoms with E-state index in [4.69, 9.17) is 11.6 Å². The summed E-state index contributed by atoms with van der Waals surface area (Å²) < 4.78 is 15.3. The molecule has 1 amide bonds. The third kappa shape index (κ3) is 2.90. The van der Waals surface area contributed by atoms with Crippen molar-refractivity contribution < 1.29 is 9.18 Å². The van der Waals surface area contributed by atoms with Crippen LogP contribution in [-0.2, 0) is 0 Å². The average molecular weight is 333 g/mol. The van der Waals surface area contributed by atoms with Crippen molar-refractivity contribution in [3.05, 3.63) is 53.2 Å². The first-order chi connectivity index (χ1) is 11.1. The molecule has 0 aliphatic heterocycles. The third-order valence-corrected chi connectivity index (χ3v) is 3.62. The molecule has 23 heavy (non-hydrogen) atoms. The first-order valence-electron chi connectivity index (χ1n) is 7.19. The van der Waals surface area contributed by atoms with Gasteiger partial charge in [0.1, 0.15) is 11.3 Å². The molecule has 0 fully saturated rings. The van der Waals surface area contributed by atoms with Gasteiger partial charge in [0.05, 0.1) is 10.7 Å². The fraction of sp³-hybridized carbons (Fsp3) is 0.188. The molecule has 0 unspecified atom stereocenters. The lowest BCUT2D eigenvalue weighted by atomic mass is 10.3. The van der Waals surface area contributed by atoms with Gasteiger partial charge in [-0.3, -0.25) is 9.36 Å². The van der Waals surface area contributed by atoms with Crippen LogP contribution in [0.25, 0.3) is 16.9 Å². The second-order valence-electron chi connectivity index (χ2n) is 4.97. The van der Waals surface area contributed by atoms with Crippen molar-refractivity contribution in [3.8, 4) is 5.69 Å². The molecule has 5 nitrogen and oxygen atoms in total. The molecule has 1 aromatic carbocycles. The van der Waals surface area contributed by atoms with Gasteiger partial charge < -0.3 is 5.32 Å². The van der Waals surface area contributed by atoms with Crippen LogP contribution in [0, 0.1) is 5.82 Å². The van der Waals surface area contributed by atoms with Crippen molar-refractivity contribution >= 4 is 28.7 Å². The number of imidazole rings is 1. The lowest BCUT2D eigenvalue weighted by Gasteiger charge is -2.09. The van der Waals surface area contributed by atoms with Crippen LogP contribution in [0.5, 0.6) is 0 Å². The van der Waals surface area contributed by atoms with Gasteiger partial charge in [0.2, 0.25) is 5.82 Å². The van der Waals surface area contributed by atoms with E-state index in [0.29, 0.717) is 23.4 Å². The molecular weight excluding hydrogens is 319 g/mol. The summed E-state index contributed by atoms with van der Waals surface area (Å²) in [5.41, 5.74) is 1.48. The van der Waals surface area contributed by atoms with E-state index in [0.717, 1.165) is 6.42 Å². The van der Waals surface area contributed by atoms with Gasteiger partial charge in [-0.2, -0.15) is 0 Å². The molecule has 0 bridgehead atoms. The average Bonchev–Trinajstić information content (AvgIpc) is 2.94. The van der Waals surface area contributed by atoms with Crippen LogP contribution in [0.2, 0.25) is 5.02 Å². The second kappa shape index (κ2) is 6.34. The molecule has 0 saturated carbocycles. The minimum atomic E-state index is -0.568. The van der Waals surface area contributed by atoms with E-state index in [2.05, 4.69) is 15.3 Å². The second-order valence-corrected chi connectivity index (χ2v) is 5.38. The third-order valence-electron chi connectivity index (χ3n) is 3.32. The number of nitrogens with zero attached hydrogens (tertiary/aromatic N) is 3. The summed E-state index contributed by atoms with van der Waals surface area (Å²) in [5.74, 6) is -0.740. The quantitative estimate of drug-likeness (QED) is 0.797. The highest BCUT2D eigenvalue weighted by Gasteiger charge is 2.20. The highest BCUT2D eigenvalue weighted by molar-refractivity contribution is 6.30.